The second-order valence-corrected chi connectivity index (χ2v) is 4.39. The van der Waals surface area contributed by atoms with Crippen LogP contribution in [0.4, 0.5) is 14.5 Å². The van der Waals surface area contributed by atoms with Gasteiger partial charge in [0.1, 0.15) is 17.4 Å². The minimum Gasteiger partial charge on any atom is -0.484 e. The van der Waals surface area contributed by atoms with Crippen LogP contribution in [-0.2, 0) is 4.79 Å². The summed E-state index contributed by atoms with van der Waals surface area (Å²) in [6, 6.07) is 9.22. The lowest BCUT2D eigenvalue weighted by molar-refractivity contribution is -0.118. The number of benzene rings is 2. The molecule has 0 aromatic heterocycles. The highest BCUT2D eigenvalue weighted by molar-refractivity contribution is 6.30. The fourth-order valence-corrected chi connectivity index (χ4v) is 1.63. The lowest BCUT2D eigenvalue weighted by Gasteiger charge is -2.07. The number of nitrogens with one attached hydrogen (secondary N) is 1. The summed E-state index contributed by atoms with van der Waals surface area (Å²) in [4.78, 5) is 11.6. The van der Waals surface area contributed by atoms with Crippen LogP contribution in [0.15, 0.2) is 42.5 Å². The summed E-state index contributed by atoms with van der Waals surface area (Å²) in [6.07, 6.45) is 0. The number of hydrogen-bond acceptors (Lipinski definition) is 2. The van der Waals surface area contributed by atoms with E-state index in [9.17, 15) is 13.6 Å². The molecule has 2 rings (SSSR count). The minimum absolute atomic E-state index is 0.0345. The van der Waals surface area contributed by atoms with Crippen molar-refractivity contribution < 1.29 is 18.3 Å². The minimum atomic E-state index is -0.765. The van der Waals surface area contributed by atoms with Gasteiger partial charge in [-0.05, 0) is 36.4 Å². The van der Waals surface area contributed by atoms with E-state index in [-0.39, 0.29) is 12.3 Å². The van der Waals surface area contributed by atoms with Gasteiger partial charge in [-0.15, -0.1) is 0 Å². The van der Waals surface area contributed by atoms with Gasteiger partial charge in [0.15, 0.2) is 6.61 Å². The van der Waals surface area contributed by atoms with Crippen LogP contribution < -0.4 is 10.1 Å². The van der Waals surface area contributed by atoms with Gasteiger partial charge in [0.05, 0.1) is 0 Å². The Morgan fingerprint density at radius 3 is 2.30 bits per heavy atom. The van der Waals surface area contributed by atoms with E-state index in [4.69, 9.17) is 16.3 Å². The van der Waals surface area contributed by atoms with Crippen LogP contribution in [0, 0.1) is 11.6 Å². The molecule has 0 saturated carbocycles. The van der Waals surface area contributed by atoms with Crippen molar-refractivity contribution in [2.75, 3.05) is 11.9 Å². The summed E-state index contributed by atoms with van der Waals surface area (Å²) in [6.45, 7) is -0.278. The molecule has 0 atom stereocenters. The Balaban J connectivity index is 1.90. The molecule has 2 aromatic carbocycles. The van der Waals surface area contributed by atoms with E-state index in [2.05, 4.69) is 5.32 Å². The van der Waals surface area contributed by atoms with Crippen molar-refractivity contribution in [3.05, 3.63) is 59.1 Å². The highest BCUT2D eigenvalue weighted by atomic mass is 35.5. The molecule has 0 aliphatic rings. The molecule has 0 aliphatic carbocycles. The van der Waals surface area contributed by atoms with E-state index in [0.29, 0.717) is 10.8 Å². The van der Waals surface area contributed by atoms with Crippen LogP contribution in [0.2, 0.25) is 5.02 Å². The standard InChI is InChI=1S/C14H10ClF2NO2/c15-9-1-3-13(4-2-9)20-8-14(19)18-12-6-10(16)5-11(17)7-12/h1-7H,8H2,(H,18,19). The largest absolute Gasteiger partial charge is 0.484 e. The highest BCUT2D eigenvalue weighted by Gasteiger charge is 2.06. The maximum atomic E-state index is 12.9. The van der Waals surface area contributed by atoms with Crippen molar-refractivity contribution in [1.82, 2.24) is 0 Å². The number of anilines is 1. The van der Waals surface area contributed by atoms with E-state index in [1.54, 1.807) is 24.3 Å². The molecule has 1 amide bonds. The topological polar surface area (TPSA) is 38.3 Å². The molecule has 0 heterocycles. The second-order valence-electron chi connectivity index (χ2n) is 3.95. The number of amides is 1. The number of hydrogen-bond donors (Lipinski definition) is 1. The molecule has 0 fully saturated rings. The maximum absolute atomic E-state index is 12.9. The first-order valence-corrected chi connectivity index (χ1v) is 6.05. The highest BCUT2D eigenvalue weighted by Crippen LogP contribution is 2.16. The molecule has 3 nitrogen and oxygen atoms in total. The molecule has 0 unspecified atom stereocenters. The van der Waals surface area contributed by atoms with Gasteiger partial charge >= 0.3 is 0 Å². The van der Waals surface area contributed by atoms with Crippen LogP contribution in [0.1, 0.15) is 0 Å². The Hall–Kier alpha value is -2.14. The average molecular weight is 298 g/mol. The summed E-state index contributed by atoms with van der Waals surface area (Å²) < 4.78 is 31.1. The summed E-state index contributed by atoms with van der Waals surface area (Å²) in [7, 11) is 0. The fourth-order valence-electron chi connectivity index (χ4n) is 1.50. The van der Waals surface area contributed by atoms with Gasteiger partial charge in [0.2, 0.25) is 0 Å². The first kappa shape index (κ1) is 14.3. The normalized spacial score (nSPS) is 10.2. The second kappa shape index (κ2) is 6.34. The number of ether oxygens (including phenoxy) is 1. The summed E-state index contributed by atoms with van der Waals surface area (Å²) in [5.74, 6) is -1.59. The van der Waals surface area contributed by atoms with Gasteiger partial charge in [-0.1, -0.05) is 11.6 Å². The predicted octanol–water partition coefficient (Wildman–Crippen LogP) is 3.64. The molecular weight excluding hydrogens is 288 g/mol. The third-order valence-electron chi connectivity index (χ3n) is 2.33. The van der Waals surface area contributed by atoms with Crippen LogP contribution in [0.25, 0.3) is 0 Å². The molecule has 6 heteroatoms. The third-order valence-corrected chi connectivity index (χ3v) is 2.58. The zero-order chi connectivity index (χ0) is 14.5. The zero-order valence-electron chi connectivity index (χ0n) is 10.2. The Morgan fingerprint density at radius 2 is 1.70 bits per heavy atom. The van der Waals surface area contributed by atoms with E-state index in [0.717, 1.165) is 18.2 Å². The quantitative estimate of drug-likeness (QED) is 0.936. The van der Waals surface area contributed by atoms with Crippen molar-refractivity contribution in [3.63, 3.8) is 0 Å². The lowest BCUT2D eigenvalue weighted by atomic mass is 10.3. The van der Waals surface area contributed by atoms with Gasteiger partial charge < -0.3 is 10.1 Å². The molecule has 0 saturated heterocycles. The molecule has 0 aliphatic heterocycles. The molecule has 2 aromatic rings. The average Bonchev–Trinajstić information content (AvgIpc) is 2.37. The molecule has 104 valence electrons. The van der Waals surface area contributed by atoms with Gasteiger partial charge in [0, 0.05) is 16.8 Å². The number of carbonyl (C=O) groups is 1. The third kappa shape index (κ3) is 4.20. The van der Waals surface area contributed by atoms with Crippen LogP contribution >= 0.6 is 11.6 Å². The predicted molar refractivity (Wildman–Crippen MR) is 71.9 cm³/mol. The van der Waals surface area contributed by atoms with Gasteiger partial charge in [-0.2, -0.15) is 0 Å². The fraction of sp³-hybridized carbons (Fsp3) is 0.0714. The Morgan fingerprint density at radius 1 is 1.10 bits per heavy atom. The maximum Gasteiger partial charge on any atom is 0.262 e. The molecule has 0 bridgehead atoms. The van der Waals surface area contributed by atoms with Gasteiger partial charge in [0.25, 0.3) is 5.91 Å². The SMILES string of the molecule is O=C(COc1ccc(Cl)cc1)Nc1cc(F)cc(F)c1. The first-order valence-electron chi connectivity index (χ1n) is 5.67. The summed E-state index contributed by atoms with van der Waals surface area (Å²) >= 11 is 5.71. The van der Waals surface area contributed by atoms with Crippen LogP contribution in [0.3, 0.4) is 0 Å². The first-order chi connectivity index (χ1) is 9.52. The van der Waals surface area contributed by atoms with Crippen molar-refractivity contribution in [3.8, 4) is 5.75 Å². The molecule has 20 heavy (non-hydrogen) atoms. The van der Waals surface area contributed by atoms with Crippen molar-refractivity contribution in [1.29, 1.82) is 0 Å². The van der Waals surface area contributed by atoms with Crippen LogP contribution in [-0.4, -0.2) is 12.5 Å². The smallest absolute Gasteiger partial charge is 0.262 e. The van der Waals surface area contributed by atoms with Crippen molar-refractivity contribution in [2.24, 2.45) is 0 Å². The monoisotopic (exact) mass is 297 g/mol. The Labute approximate surface area is 119 Å². The Kier molecular flexibility index (Phi) is 4.53. The van der Waals surface area contributed by atoms with Crippen LogP contribution in [0.5, 0.6) is 5.75 Å². The number of halogens is 3. The van der Waals surface area contributed by atoms with E-state index in [1.807, 2.05) is 0 Å². The van der Waals surface area contributed by atoms with Crippen molar-refractivity contribution in [2.45, 2.75) is 0 Å². The van der Waals surface area contributed by atoms with E-state index < -0.39 is 17.5 Å². The van der Waals surface area contributed by atoms with Gasteiger partial charge in [-0.3, -0.25) is 4.79 Å². The number of carbonyl (C=O) groups excluding carboxylic acids is 1. The molecule has 1 N–H and O–H groups in total. The molecule has 0 radical (unpaired) electrons. The number of rotatable bonds is 4. The zero-order valence-corrected chi connectivity index (χ0v) is 11.0. The van der Waals surface area contributed by atoms with Crippen molar-refractivity contribution >= 4 is 23.2 Å². The van der Waals surface area contributed by atoms with Gasteiger partial charge in [-0.25, -0.2) is 8.78 Å². The summed E-state index contributed by atoms with van der Waals surface area (Å²) in [5, 5.41) is 2.89. The molecular formula is C14H10ClF2NO2. The Bertz CT molecular complexity index is 597. The summed E-state index contributed by atoms with van der Waals surface area (Å²) in [5.41, 5.74) is 0.0345. The van der Waals surface area contributed by atoms with E-state index in [1.165, 1.54) is 0 Å². The molecule has 0 spiro atoms. The van der Waals surface area contributed by atoms with E-state index >= 15 is 0 Å². The lowest BCUT2D eigenvalue weighted by Crippen LogP contribution is -2.20.